The molecular formula is C10H22N2. The summed E-state index contributed by atoms with van der Waals surface area (Å²) in [5.41, 5.74) is 0. The molecule has 0 aromatic rings. The Morgan fingerprint density at radius 1 is 1.08 bits per heavy atom. The predicted octanol–water partition coefficient (Wildman–Crippen LogP) is 1.42. The lowest BCUT2D eigenvalue weighted by atomic mass is 10.0. The van der Waals surface area contributed by atoms with Crippen LogP contribution in [-0.2, 0) is 0 Å². The molecule has 12 heavy (non-hydrogen) atoms. The minimum absolute atomic E-state index is 0.691. The van der Waals surface area contributed by atoms with Gasteiger partial charge in [-0.3, -0.25) is 4.90 Å². The van der Waals surface area contributed by atoms with Crippen molar-refractivity contribution in [3.8, 4) is 0 Å². The Bertz CT molecular complexity index is 145. The summed E-state index contributed by atoms with van der Waals surface area (Å²) in [6.07, 6.45) is 0. The van der Waals surface area contributed by atoms with Crippen LogP contribution in [0.2, 0.25) is 0 Å². The molecule has 0 N–H and O–H groups in total. The normalized spacial score (nSPS) is 34.5. The summed E-state index contributed by atoms with van der Waals surface area (Å²) in [6, 6.07) is 2.08. The van der Waals surface area contributed by atoms with Crippen molar-refractivity contribution in [3.05, 3.63) is 0 Å². The van der Waals surface area contributed by atoms with Gasteiger partial charge < -0.3 is 4.90 Å². The van der Waals surface area contributed by atoms with Gasteiger partial charge in [-0.05, 0) is 34.7 Å². The maximum Gasteiger partial charge on any atom is 0.0223 e. The van der Waals surface area contributed by atoms with Crippen LogP contribution in [0.1, 0.15) is 27.7 Å². The third kappa shape index (κ3) is 1.80. The van der Waals surface area contributed by atoms with E-state index in [0.717, 1.165) is 0 Å². The van der Waals surface area contributed by atoms with Gasteiger partial charge in [0.2, 0.25) is 0 Å². The molecular weight excluding hydrogens is 148 g/mol. The molecule has 0 aromatic carbocycles. The summed E-state index contributed by atoms with van der Waals surface area (Å²) in [6.45, 7) is 11.7. The molecule has 1 saturated heterocycles. The molecule has 1 aliphatic heterocycles. The summed E-state index contributed by atoms with van der Waals surface area (Å²) >= 11 is 0. The molecule has 0 aromatic heterocycles. The van der Waals surface area contributed by atoms with Crippen molar-refractivity contribution in [1.29, 1.82) is 0 Å². The largest absolute Gasteiger partial charge is 0.301 e. The summed E-state index contributed by atoms with van der Waals surface area (Å²) in [4.78, 5) is 5.04. The van der Waals surface area contributed by atoms with Crippen molar-refractivity contribution in [3.63, 3.8) is 0 Å². The van der Waals surface area contributed by atoms with Crippen LogP contribution in [0.5, 0.6) is 0 Å². The van der Waals surface area contributed by atoms with Crippen LogP contribution in [0.15, 0.2) is 0 Å². The van der Waals surface area contributed by atoms with E-state index >= 15 is 0 Å². The van der Waals surface area contributed by atoms with Gasteiger partial charge in [0.1, 0.15) is 0 Å². The first-order chi connectivity index (χ1) is 5.54. The van der Waals surface area contributed by atoms with Crippen LogP contribution >= 0.6 is 0 Å². The Kier molecular flexibility index (Phi) is 3.13. The fourth-order valence-corrected chi connectivity index (χ4v) is 2.05. The van der Waals surface area contributed by atoms with Gasteiger partial charge in [-0.2, -0.15) is 0 Å². The maximum absolute atomic E-state index is 2.59. The predicted molar refractivity (Wildman–Crippen MR) is 53.4 cm³/mol. The number of piperazine rings is 1. The van der Waals surface area contributed by atoms with Gasteiger partial charge in [-0.1, -0.05) is 0 Å². The van der Waals surface area contributed by atoms with Crippen LogP contribution in [0, 0.1) is 0 Å². The van der Waals surface area contributed by atoms with Gasteiger partial charge in [-0.25, -0.2) is 0 Å². The summed E-state index contributed by atoms with van der Waals surface area (Å²) in [5, 5.41) is 0. The molecule has 0 unspecified atom stereocenters. The second-order valence-corrected chi connectivity index (χ2v) is 4.29. The van der Waals surface area contributed by atoms with E-state index in [1.807, 2.05) is 0 Å². The highest BCUT2D eigenvalue weighted by Gasteiger charge is 2.29. The SMILES string of the molecule is CC(C)N1CCN(C)[C@H](C)[C@@H]1C. The second kappa shape index (κ2) is 3.75. The molecule has 0 bridgehead atoms. The lowest BCUT2D eigenvalue weighted by Crippen LogP contribution is -2.57. The molecule has 2 atom stereocenters. The first-order valence-corrected chi connectivity index (χ1v) is 5.00. The van der Waals surface area contributed by atoms with E-state index < -0.39 is 0 Å². The molecule has 2 heteroatoms. The highest BCUT2D eigenvalue weighted by atomic mass is 15.3. The zero-order valence-corrected chi connectivity index (χ0v) is 9.04. The minimum atomic E-state index is 0.691. The molecule has 1 aliphatic rings. The standard InChI is InChI=1S/C10H22N2/c1-8(2)12-7-6-11(5)9(3)10(12)4/h8-10H,6-7H2,1-5H3/t9-,10+/m1/s1. The van der Waals surface area contributed by atoms with E-state index in [1.165, 1.54) is 13.1 Å². The fraction of sp³-hybridized carbons (Fsp3) is 1.00. The molecule has 2 nitrogen and oxygen atoms in total. The summed E-state index contributed by atoms with van der Waals surface area (Å²) in [5.74, 6) is 0. The molecule has 1 fully saturated rings. The third-order valence-electron chi connectivity index (χ3n) is 3.29. The van der Waals surface area contributed by atoms with Crippen LogP contribution in [0.3, 0.4) is 0 Å². The van der Waals surface area contributed by atoms with Crippen molar-refractivity contribution in [2.24, 2.45) is 0 Å². The van der Waals surface area contributed by atoms with Crippen molar-refractivity contribution < 1.29 is 0 Å². The van der Waals surface area contributed by atoms with Crippen LogP contribution in [0.4, 0.5) is 0 Å². The van der Waals surface area contributed by atoms with Gasteiger partial charge in [0.05, 0.1) is 0 Å². The number of rotatable bonds is 1. The highest BCUT2D eigenvalue weighted by molar-refractivity contribution is 4.86. The zero-order chi connectivity index (χ0) is 9.30. The lowest BCUT2D eigenvalue weighted by Gasteiger charge is -2.45. The Labute approximate surface area is 76.5 Å². The summed E-state index contributed by atoms with van der Waals surface area (Å²) in [7, 11) is 2.22. The molecule has 0 aliphatic carbocycles. The number of hydrogen-bond donors (Lipinski definition) is 0. The molecule has 1 heterocycles. The molecule has 0 spiro atoms. The first kappa shape index (κ1) is 10.0. The molecule has 0 amide bonds. The van der Waals surface area contributed by atoms with Gasteiger partial charge in [0.25, 0.3) is 0 Å². The van der Waals surface area contributed by atoms with E-state index in [0.29, 0.717) is 18.1 Å². The monoisotopic (exact) mass is 170 g/mol. The van der Waals surface area contributed by atoms with Crippen molar-refractivity contribution in [2.75, 3.05) is 20.1 Å². The highest BCUT2D eigenvalue weighted by Crippen LogP contribution is 2.17. The van der Waals surface area contributed by atoms with Crippen molar-refractivity contribution >= 4 is 0 Å². The Hall–Kier alpha value is -0.0800. The Balaban J connectivity index is 2.58. The summed E-state index contributed by atoms with van der Waals surface area (Å²) < 4.78 is 0. The van der Waals surface area contributed by atoms with E-state index in [4.69, 9.17) is 0 Å². The topological polar surface area (TPSA) is 6.48 Å². The first-order valence-electron chi connectivity index (χ1n) is 5.00. The zero-order valence-electron chi connectivity index (χ0n) is 9.04. The molecule has 0 saturated carbocycles. The third-order valence-corrected chi connectivity index (χ3v) is 3.29. The fourth-order valence-electron chi connectivity index (χ4n) is 2.05. The second-order valence-electron chi connectivity index (χ2n) is 4.29. The molecule has 72 valence electrons. The smallest absolute Gasteiger partial charge is 0.0223 e. The van der Waals surface area contributed by atoms with Crippen molar-refractivity contribution in [1.82, 2.24) is 9.80 Å². The molecule has 0 radical (unpaired) electrons. The van der Waals surface area contributed by atoms with E-state index in [1.54, 1.807) is 0 Å². The van der Waals surface area contributed by atoms with Gasteiger partial charge in [0.15, 0.2) is 0 Å². The molecule has 1 rings (SSSR count). The lowest BCUT2D eigenvalue weighted by molar-refractivity contribution is 0.0319. The van der Waals surface area contributed by atoms with Crippen LogP contribution in [-0.4, -0.2) is 48.1 Å². The van der Waals surface area contributed by atoms with Crippen molar-refractivity contribution in [2.45, 2.75) is 45.8 Å². The maximum atomic E-state index is 2.59. The quantitative estimate of drug-likeness (QED) is 0.587. The minimum Gasteiger partial charge on any atom is -0.301 e. The average Bonchev–Trinajstić information content (AvgIpc) is 2.00. The van der Waals surface area contributed by atoms with Crippen LogP contribution in [0.25, 0.3) is 0 Å². The average molecular weight is 170 g/mol. The van der Waals surface area contributed by atoms with E-state index in [9.17, 15) is 0 Å². The Morgan fingerprint density at radius 2 is 1.67 bits per heavy atom. The van der Waals surface area contributed by atoms with E-state index in [2.05, 4.69) is 44.5 Å². The number of likely N-dealkylation sites (N-methyl/N-ethyl adjacent to an activating group) is 1. The van der Waals surface area contributed by atoms with Gasteiger partial charge in [-0.15, -0.1) is 0 Å². The van der Waals surface area contributed by atoms with Crippen LogP contribution < -0.4 is 0 Å². The van der Waals surface area contributed by atoms with Gasteiger partial charge in [0, 0.05) is 31.2 Å². The van der Waals surface area contributed by atoms with Gasteiger partial charge >= 0.3 is 0 Å². The number of hydrogen-bond acceptors (Lipinski definition) is 2. The Morgan fingerprint density at radius 3 is 2.17 bits per heavy atom. The van der Waals surface area contributed by atoms with E-state index in [-0.39, 0.29) is 0 Å². The number of nitrogens with zero attached hydrogens (tertiary/aromatic N) is 2.